The number of nitrogens with one attached hydrogen (secondary N) is 3. The maximum Gasteiger partial charge on any atom is 0.261 e. The van der Waals surface area contributed by atoms with Crippen molar-refractivity contribution in [2.24, 2.45) is 5.92 Å². The molecule has 2 atom stereocenters. The summed E-state index contributed by atoms with van der Waals surface area (Å²) in [6.45, 7) is 3.75. The van der Waals surface area contributed by atoms with Gasteiger partial charge < -0.3 is 5.32 Å². The zero-order valence-electron chi connectivity index (χ0n) is 15.9. The summed E-state index contributed by atoms with van der Waals surface area (Å²) in [6.07, 6.45) is 0.654. The Hall–Kier alpha value is -3.22. The third-order valence-corrected chi connectivity index (χ3v) is 4.42. The normalized spacial score (nSPS) is 12.5. The quantitative estimate of drug-likeness (QED) is 0.640. The summed E-state index contributed by atoms with van der Waals surface area (Å²) in [4.78, 5) is 36.9. The van der Waals surface area contributed by atoms with Crippen molar-refractivity contribution < 1.29 is 18.8 Å². The van der Waals surface area contributed by atoms with Crippen LogP contribution in [0.1, 0.15) is 36.2 Å². The average molecular weight is 385 g/mol. The number of carbonyl (C=O) groups is 3. The van der Waals surface area contributed by atoms with Crippen molar-refractivity contribution in [2.45, 2.75) is 32.7 Å². The topological polar surface area (TPSA) is 87.3 Å². The van der Waals surface area contributed by atoms with Gasteiger partial charge in [-0.25, -0.2) is 4.39 Å². The molecule has 0 fully saturated rings. The Kier molecular flexibility index (Phi) is 7.68. The molecule has 2 rings (SSSR count). The van der Waals surface area contributed by atoms with Crippen LogP contribution in [0.3, 0.4) is 0 Å². The molecule has 2 aromatic rings. The fraction of sp³-hybridized carbons (Fsp3) is 0.286. The molecule has 0 aliphatic rings. The molecule has 0 aliphatic heterocycles. The zero-order valence-corrected chi connectivity index (χ0v) is 15.9. The van der Waals surface area contributed by atoms with E-state index >= 15 is 0 Å². The van der Waals surface area contributed by atoms with Gasteiger partial charge in [-0.15, -0.1) is 0 Å². The van der Waals surface area contributed by atoms with Gasteiger partial charge in [-0.1, -0.05) is 50.6 Å². The molecule has 2 aromatic carbocycles. The van der Waals surface area contributed by atoms with Crippen molar-refractivity contribution in [2.75, 3.05) is 0 Å². The lowest BCUT2D eigenvalue weighted by Crippen LogP contribution is -2.54. The first-order chi connectivity index (χ1) is 13.4. The minimum absolute atomic E-state index is 0.00900. The Morgan fingerprint density at radius 3 is 2.21 bits per heavy atom. The molecule has 2 unspecified atom stereocenters. The van der Waals surface area contributed by atoms with E-state index in [9.17, 15) is 18.8 Å². The molecule has 148 valence electrons. The van der Waals surface area contributed by atoms with Gasteiger partial charge in [-0.2, -0.15) is 0 Å². The van der Waals surface area contributed by atoms with Crippen LogP contribution in [0.25, 0.3) is 0 Å². The van der Waals surface area contributed by atoms with E-state index in [1.807, 2.05) is 13.8 Å². The van der Waals surface area contributed by atoms with Gasteiger partial charge in [-0.05, 0) is 35.7 Å². The average Bonchev–Trinajstić information content (AvgIpc) is 2.71. The van der Waals surface area contributed by atoms with Crippen molar-refractivity contribution >= 4 is 17.7 Å². The fourth-order valence-corrected chi connectivity index (χ4v) is 2.56. The summed E-state index contributed by atoms with van der Waals surface area (Å²) in [5, 5.41) is 2.72. The predicted octanol–water partition coefficient (Wildman–Crippen LogP) is 2.36. The van der Waals surface area contributed by atoms with E-state index in [4.69, 9.17) is 0 Å². The van der Waals surface area contributed by atoms with E-state index in [2.05, 4.69) is 16.2 Å². The molecule has 0 saturated heterocycles. The van der Waals surface area contributed by atoms with Crippen molar-refractivity contribution in [3.8, 4) is 0 Å². The van der Waals surface area contributed by atoms with Crippen LogP contribution in [0.5, 0.6) is 0 Å². The summed E-state index contributed by atoms with van der Waals surface area (Å²) < 4.78 is 12.9. The molecule has 0 saturated carbocycles. The van der Waals surface area contributed by atoms with Crippen molar-refractivity contribution in [1.82, 2.24) is 16.2 Å². The van der Waals surface area contributed by atoms with Gasteiger partial charge >= 0.3 is 0 Å². The Bertz CT molecular complexity index is 809. The largest absolute Gasteiger partial charge is 0.340 e. The van der Waals surface area contributed by atoms with Crippen LogP contribution in [0, 0.1) is 11.7 Å². The van der Waals surface area contributed by atoms with Crippen LogP contribution in [-0.2, 0) is 16.0 Å². The Morgan fingerprint density at radius 1 is 0.964 bits per heavy atom. The standard InChI is InChI=1S/C21H24FN3O3/c1-3-14(2)19(23-20(27)16-7-5-4-6-8-16)21(28)25-24-18(26)13-15-9-11-17(22)12-10-15/h4-12,14,19H,3,13H2,1-2H3,(H,23,27)(H,24,26)(H,25,28). The van der Waals surface area contributed by atoms with Crippen LogP contribution in [-0.4, -0.2) is 23.8 Å². The third kappa shape index (κ3) is 6.19. The second-order valence-corrected chi connectivity index (χ2v) is 6.54. The lowest BCUT2D eigenvalue weighted by atomic mass is 9.98. The lowest BCUT2D eigenvalue weighted by molar-refractivity contribution is -0.130. The fourth-order valence-electron chi connectivity index (χ4n) is 2.56. The van der Waals surface area contributed by atoms with E-state index in [1.54, 1.807) is 30.3 Å². The molecule has 0 spiro atoms. The minimum atomic E-state index is -0.802. The molecular weight excluding hydrogens is 361 g/mol. The number of hydrogen-bond donors (Lipinski definition) is 3. The van der Waals surface area contributed by atoms with Gasteiger partial charge in [-0.3, -0.25) is 25.2 Å². The molecule has 28 heavy (non-hydrogen) atoms. The lowest BCUT2D eigenvalue weighted by Gasteiger charge is -2.23. The van der Waals surface area contributed by atoms with Gasteiger partial charge in [0.15, 0.2) is 0 Å². The van der Waals surface area contributed by atoms with Crippen LogP contribution in [0.15, 0.2) is 54.6 Å². The van der Waals surface area contributed by atoms with Crippen LogP contribution < -0.4 is 16.2 Å². The van der Waals surface area contributed by atoms with Gasteiger partial charge in [0.2, 0.25) is 5.91 Å². The van der Waals surface area contributed by atoms with Crippen molar-refractivity contribution in [3.63, 3.8) is 0 Å². The molecule has 7 heteroatoms. The molecule has 0 radical (unpaired) electrons. The molecule has 0 aliphatic carbocycles. The summed E-state index contributed by atoms with van der Waals surface area (Å²) in [5.41, 5.74) is 5.76. The number of carbonyl (C=O) groups excluding carboxylic acids is 3. The van der Waals surface area contributed by atoms with Gasteiger partial charge in [0.25, 0.3) is 11.8 Å². The number of rotatable bonds is 7. The first kappa shape index (κ1) is 21.1. The summed E-state index contributed by atoms with van der Waals surface area (Å²) in [5.74, 6) is -1.84. The highest BCUT2D eigenvalue weighted by Crippen LogP contribution is 2.09. The first-order valence-corrected chi connectivity index (χ1v) is 9.09. The van der Waals surface area contributed by atoms with E-state index in [0.717, 1.165) is 0 Å². The van der Waals surface area contributed by atoms with Gasteiger partial charge in [0, 0.05) is 5.56 Å². The predicted molar refractivity (Wildman–Crippen MR) is 104 cm³/mol. The van der Waals surface area contributed by atoms with Crippen LogP contribution in [0.2, 0.25) is 0 Å². The summed E-state index contributed by atoms with van der Waals surface area (Å²) in [7, 11) is 0. The Morgan fingerprint density at radius 2 is 1.61 bits per heavy atom. The van der Waals surface area contributed by atoms with Crippen molar-refractivity contribution in [1.29, 1.82) is 0 Å². The summed E-state index contributed by atoms with van der Waals surface area (Å²) >= 11 is 0. The van der Waals surface area contributed by atoms with Crippen LogP contribution in [0.4, 0.5) is 4.39 Å². The Labute approximate surface area is 163 Å². The number of amides is 3. The van der Waals surface area contributed by atoms with Gasteiger partial charge in [0.05, 0.1) is 6.42 Å². The molecule has 6 nitrogen and oxygen atoms in total. The van der Waals surface area contributed by atoms with E-state index in [0.29, 0.717) is 17.5 Å². The molecular formula is C21H24FN3O3. The number of hydrazine groups is 1. The highest BCUT2D eigenvalue weighted by atomic mass is 19.1. The molecule has 0 heterocycles. The molecule has 3 N–H and O–H groups in total. The first-order valence-electron chi connectivity index (χ1n) is 9.09. The molecule has 0 aromatic heterocycles. The maximum atomic E-state index is 12.9. The number of benzene rings is 2. The molecule has 0 bridgehead atoms. The SMILES string of the molecule is CCC(C)C(NC(=O)c1ccccc1)C(=O)NNC(=O)Cc1ccc(F)cc1. The second-order valence-electron chi connectivity index (χ2n) is 6.54. The highest BCUT2D eigenvalue weighted by molar-refractivity contribution is 5.97. The Balaban J connectivity index is 1.93. The maximum absolute atomic E-state index is 12.9. The monoisotopic (exact) mass is 385 g/mol. The number of hydrogen-bond acceptors (Lipinski definition) is 3. The smallest absolute Gasteiger partial charge is 0.261 e. The van der Waals surface area contributed by atoms with Crippen molar-refractivity contribution in [3.05, 3.63) is 71.5 Å². The third-order valence-electron chi connectivity index (χ3n) is 4.42. The summed E-state index contributed by atoms with van der Waals surface area (Å²) in [6, 6.07) is 13.3. The van der Waals surface area contributed by atoms with E-state index in [-0.39, 0.29) is 24.1 Å². The second kappa shape index (κ2) is 10.2. The highest BCUT2D eigenvalue weighted by Gasteiger charge is 2.26. The van der Waals surface area contributed by atoms with E-state index in [1.165, 1.54) is 24.3 Å². The minimum Gasteiger partial charge on any atom is -0.340 e. The number of halogens is 1. The van der Waals surface area contributed by atoms with Crippen LogP contribution >= 0.6 is 0 Å². The molecule has 3 amide bonds. The van der Waals surface area contributed by atoms with E-state index < -0.39 is 17.9 Å². The van der Waals surface area contributed by atoms with Gasteiger partial charge in [0.1, 0.15) is 11.9 Å². The zero-order chi connectivity index (χ0) is 20.5.